The summed E-state index contributed by atoms with van der Waals surface area (Å²) < 4.78 is 10.2. The number of ether oxygens (including phenoxy) is 2. The van der Waals surface area contributed by atoms with Gasteiger partial charge >= 0.3 is 0 Å². The lowest BCUT2D eigenvalue weighted by Gasteiger charge is -2.11. The zero-order valence-corrected chi connectivity index (χ0v) is 10.0. The van der Waals surface area contributed by atoms with Crippen molar-refractivity contribution < 1.29 is 9.47 Å². The molecule has 0 bridgehead atoms. The molecule has 0 aliphatic rings. The van der Waals surface area contributed by atoms with Crippen LogP contribution < -0.4 is 5.19 Å². The zero-order valence-electron chi connectivity index (χ0n) is 9.04. The van der Waals surface area contributed by atoms with Gasteiger partial charge in [0.05, 0.1) is 15.4 Å². The van der Waals surface area contributed by atoms with E-state index in [9.17, 15) is 0 Å². The Morgan fingerprint density at radius 2 is 1.93 bits per heavy atom. The van der Waals surface area contributed by atoms with Crippen LogP contribution in [0.15, 0.2) is 24.3 Å². The molecule has 0 aliphatic carbocycles. The third-order valence-corrected chi connectivity index (χ3v) is 3.58. The summed E-state index contributed by atoms with van der Waals surface area (Å²) in [5.41, 5.74) is 1.29. The maximum Gasteiger partial charge on any atom is 0.146 e. The van der Waals surface area contributed by atoms with Crippen LogP contribution in [0.2, 0.25) is 13.1 Å². The van der Waals surface area contributed by atoms with Gasteiger partial charge in [-0.15, -0.1) is 0 Å². The minimum absolute atomic E-state index is 0.365. The van der Waals surface area contributed by atoms with E-state index < -0.39 is 8.80 Å². The molecule has 0 spiro atoms. The van der Waals surface area contributed by atoms with E-state index in [1.807, 2.05) is 0 Å². The molecule has 0 amide bonds. The molecular weight excluding hydrogens is 192 g/mol. The standard InChI is InChI=1S/C11H17O2Si/c1-12-9-13-8-10-6-4-5-7-11(10)14(2)3/h4-7H,8-9H2,1-3H3. The van der Waals surface area contributed by atoms with Crippen molar-refractivity contribution in [2.75, 3.05) is 13.9 Å². The van der Waals surface area contributed by atoms with Crippen LogP contribution in [0.5, 0.6) is 0 Å². The number of hydrogen-bond donors (Lipinski definition) is 0. The van der Waals surface area contributed by atoms with Gasteiger partial charge in [0.2, 0.25) is 0 Å². The quantitative estimate of drug-likeness (QED) is 0.418. The zero-order chi connectivity index (χ0) is 10.4. The molecular formula is C11H17O2Si. The Labute approximate surface area is 87.5 Å². The first kappa shape index (κ1) is 11.4. The SMILES string of the molecule is COCOCc1ccccc1[Si](C)C. The third kappa shape index (κ3) is 3.25. The minimum atomic E-state index is -0.399. The fraction of sp³-hybridized carbons (Fsp3) is 0.455. The van der Waals surface area contributed by atoms with Crippen LogP contribution >= 0.6 is 0 Å². The van der Waals surface area contributed by atoms with Gasteiger partial charge in [0, 0.05) is 7.11 Å². The molecule has 0 aliphatic heterocycles. The van der Waals surface area contributed by atoms with Crippen molar-refractivity contribution in [3.8, 4) is 0 Å². The lowest BCUT2D eigenvalue weighted by Crippen LogP contribution is -2.27. The lowest BCUT2D eigenvalue weighted by atomic mass is 10.2. The smallest absolute Gasteiger partial charge is 0.146 e. The molecule has 1 aromatic rings. The van der Waals surface area contributed by atoms with E-state index >= 15 is 0 Å². The number of rotatable bonds is 5. The molecule has 0 saturated carbocycles. The fourth-order valence-corrected chi connectivity index (χ4v) is 2.60. The maximum atomic E-state index is 5.35. The van der Waals surface area contributed by atoms with Crippen molar-refractivity contribution in [3.05, 3.63) is 29.8 Å². The highest BCUT2D eigenvalue weighted by molar-refractivity contribution is 6.71. The number of benzene rings is 1. The molecule has 0 heterocycles. The van der Waals surface area contributed by atoms with Crippen LogP contribution in [0, 0.1) is 0 Å². The molecule has 3 heteroatoms. The molecule has 14 heavy (non-hydrogen) atoms. The summed E-state index contributed by atoms with van der Waals surface area (Å²) in [6, 6.07) is 8.47. The van der Waals surface area contributed by atoms with Crippen molar-refractivity contribution in [1.29, 1.82) is 0 Å². The molecule has 1 rings (SSSR count). The van der Waals surface area contributed by atoms with Crippen LogP contribution in [0.3, 0.4) is 0 Å². The predicted molar refractivity (Wildman–Crippen MR) is 60.2 cm³/mol. The highest BCUT2D eigenvalue weighted by atomic mass is 28.3. The first-order chi connectivity index (χ1) is 6.75. The second kappa shape index (κ2) is 5.96. The highest BCUT2D eigenvalue weighted by Gasteiger charge is 2.06. The largest absolute Gasteiger partial charge is 0.359 e. The molecule has 0 aromatic heterocycles. The van der Waals surface area contributed by atoms with Gasteiger partial charge < -0.3 is 9.47 Å². The van der Waals surface area contributed by atoms with E-state index in [-0.39, 0.29) is 0 Å². The fourth-order valence-electron chi connectivity index (χ4n) is 1.37. The predicted octanol–water partition coefficient (Wildman–Crippen LogP) is 1.77. The monoisotopic (exact) mass is 209 g/mol. The van der Waals surface area contributed by atoms with E-state index in [0.29, 0.717) is 13.4 Å². The van der Waals surface area contributed by atoms with Crippen molar-refractivity contribution in [2.45, 2.75) is 19.7 Å². The minimum Gasteiger partial charge on any atom is -0.359 e. The number of hydrogen-bond acceptors (Lipinski definition) is 2. The summed E-state index contributed by atoms with van der Waals surface area (Å²) in [5, 5.41) is 1.45. The van der Waals surface area contributed by atoms with Gasteiger partial charge in [-0.05, 0) is 5.56 Å². The third-order valence-electron chi connectivity index (χ3n) is 2.01. The van der Waals surface area contributed by atoms with E-state index in [4.69, 9.17) is 9.47 Å². The van der Waals surface area contributed by atoms with Crippen LogP contribution in [-0.2, 0) is 16.1 Å². The average molecular weight is 209 g/mol. The van der Waals surface area contributed by atoms with Gasteiger partial charge in [0.25, 0.3) is 0 Å². The van der Waals surface area contributed by atoms with Crippen molar-refractivity contribution >= 4 is 14.0 Å². The Kier molecular flexibility index (Phi) is 4.86. The average Bonchev–Trinajstić information content (AvgIpc) is 2.19. The Hall–Kier alpha value is -0.643. The molecule has 0 N–H and O–H groups in total. The van der Waals surface area contributed by atoms with Crippen LogP contribution in [0.4, 0.5) is 0 Å². The van der Waals surface area contributed by atoms with Crippen molar-refractivity contribution in [1.82, 2.24) is 0 Å². The summed E-state index contributed by atoms with van der Waals surface area (Å²) in [6.45, 7) is 5.60. The normalized spacial score (nSPS) is 10.9. The second-order valence-corrected chi connectivity index (χ2v) is 5.95. The van der Waals surface area contributed by atoms with Gasteiger partial charge in [-0.25, -0.2) is 0 Å². The van der Waals surface area contributed by atoms with Crippen LogP contribution in [0.1, 0.15) is 5.56 Å². The summed E-state index contributed by atoms with van der Waals surface area (Å²) in [7, 11) is 1.24. The topological polar surface area (TPSA) is 18.5 Å². The lowest BCUT2D eigenvalue weighted by molar-refractivity contribution is -0.0388. The molecule has 1 aromatic carbocycles. The molecule has 0 fully saturated rings. The molecule has 2 nitrogen and oxygen atoms in total. The Morgan fingerprint density at radius 1 is 1.21 bits per heavy atom. The molecule has 77 valence electrons. The van der Waals surface area contributed by atoms with Gasteiger partial charge in [-0.2, -0.15) is 0 Å². The van der Waals surface area contributed by atoms with Crippen LogP contribution in [0.25, 0.3) is 0 Å². The first-order valence-corrected chi connectivity index (χ1v) is 7.21. The van der Waals surface area contributed by atoms with Gasteiger partial charge in [-0.1, -0.05) is 42.5 Å². The Morgan fingerprint density at radius 3 is 2.57 bits per heavy atom. The summed E-state index contributed by atoms with van der Waals surface area (Å²) in [6.07, 6.45) is 0. The van der Waals surface area contributed by atoms with Crippen molar-refractivity contribution in [2.24, 2.45) is 0 Å². The summed E-state index contributed by atoms with van der Waals surface area (Å²) in [4.78, 5) is 0. The summed E-state index contributed by atoms with van der Waals surface area (Å²) in [5.74, 6) is 0. The van der Waals surface area contributed by atoms with E-state index in [1.54, 1.807) is 7.11 Å². The number of methoxy groups -OCH3 is 1. The molecule has 0 atom stereocenters. The maximum absolute atomic E-state index is 5.35. The molecule has 1 radical (unpaired) electrons. The first-order valence-electron chi connectivity index (χ1n) is 4.71. The molecule has 0 unspecified atom stereocenters. The molecule has 0 saturated heterocycles. The van der Waals surface area contributed by atoms with Gasteiger partial charge in [-0.3, -0.25) is 0 Å². The Bertz CT molecular complexity index is 274. The van der Waals surface area contributed by atoms with Crippen molar-refractivity contribution in [3.63, 3.8) is 0 Å². The Balaban J connectivity index is 2.64. The van der Waals surface area contributed by atoms with Gasteiger partial charge in [0.15, 0.2) is 0 Å². The van der Waals surface area contributed by atoms with Crippen LogP contribution in [-0.4, -0.2) is 22.7 Å². The highest BCUT2D eigenvalue weighted by Crippen LogP contribution is 2.00. The second-order valence-electron chi connectivity index (χ2n) is 3.41. The van der Waals surface area contributed by atoms with E-state index in [1.165, 1.54) is 10.8 Å². The van der Waals surface area contributed by atoms with E-state index in [0.717, 1.165) is 0 Å². The summed E-state index contributed by atoms with van der Waals surface area (Å²) >= 11 is 0. The van der Waals surface area contributed by atoms with E-state index in [2.05, 4.69) is 37.4 Å². The van der Waals surface area contributed by atoms with Gasteiger partial charge in [0.1, 0.15) is 6.79 Å².